The van der Waals surface area contributed by atoms with Gasteiger partial charge in [0, 0.05) is 0 Å². The normalized spacial score (nSPS) is 10.7. The van der Waals surface area contributed by atoms with Crippen LogP contribution in [-0.4, -0.2) is 5.91 Å². The number of carbonyl (C=O) groups excluding carboxylic acids is 1. The van der Waals surface area contributed by atoms with Crippen LogP contribution in [-0.2, 0) is 6.61 Å². The number of hydrazine groups is 1. The summed E-state index contributed by atoms with van der Waals surface area (Å²) in [5, 5.41) is 0. The molecule has 3 N–H and O–H groups in total. The molecule has 5 nitrogen and oxygen atoms in total. The van der Waals surface area contributed by atoms with Crippen LogP contribution in [0.3, 0.4) is 0 Å². The van der Waals surface area contributed by atoms with E-state index in [0.29, 0.717) is 23.0 Å². The van der Waals surface area contributed by atoms with E-state index >= 15 is 0 Å². The maximum atomic E-state index is 11.5. The highest BCUT2D eigenvalue weighted by molar-refractivity contribution is 5.94. The second-order valence-corrected chi connectivity index (χ2v) is 5.17. The quantitative estimate of drug-likeness (QED) is 0.504. The van der Waals surface area contributed by atoms with Crippen molar-refractivity contribution in [3.63, 3.8) is 0 Å². The fourth-order valence-electron chi connectivity index (χ4n) is 2.02. The molecule has 0 aliphatic carbocycles. The van der Waals surface area contributed by atoms with Gasteiger partial charge in [0.15, 0.2) is 0 Å². The number of hydrogen-bond acceptors (Lipinski definition) is 4. The molecule has 0 aliphatic heterocycles. The second-order valence-electron chi connectivity index (χ2n) is 5.17. The standard InChI is InChI=1S/C16H20N2O3/c1-10(2)12-4-6-13(7-5-12)20-9-14-8-15(11(3)21-14)16(19)18-17/h4-8,10H,9,17H2,1-3H3,(H,18,19). The van der Waals surface area contributed by atoms with Crippen molar-refractivity contribution in [1.29, 1.82) is 0 Å². The minimum Gasteiger partial charge on any atom is -0.486 e. The van der Waals surface area contributed by atoms with Gasteiger partial charge in [-0.2, -0.15) is 0 Å². The lowest BCUT2D eigenvalue weighted by atomic mass is 10.0. The molecule has 0 fully saturated rings. The van der Waals surface area contributed by atoms with Crippen molar-refractivity contribution < 1.29 is 13.9 Å². The average molecular weight is 288 g/mol. The van der Waals surface area contributed by atoms with E-state index in [1.165, 1.54) is 5.56 Å². The lowest BCUT2D eigenvalue weighted by Crippen LogP contribution is -2.30. The monoisotopic (exact) mass is 288 g/mol. The van der Waals surface area contributed by atoms with Crippen molar-refractivity contribution in [2.45, 2.75) is 33.3 Å². The molecule has 1 aromatic carbocycles. The molecule has 0 radical (unpaired) electrons. The zero-order valence-electron chi connectivity index (χ0n) is 12.5. The van der Waals surface area contributed by atoms with E-state index in [1.54, 1.807) is 13.0 Å². The molecule has 112 valence electrons. The number of nitrogens with one attached hydrogen (secondary N) is 1. The number of nitrogens with two attached hydrogens (primary N) is 1. The van der Waals surface area contributed by atoms with E-state index in [1.807, 2.05) is 24.3 Å². The van der Waals surface area contributed by atoms with Gasteiger partial charge in [-0.15, -0.1) is 0 Å². The number of furan rings is 1. The fraction of sp³-hybridized carbons (Fsp3) is 0.312. The van der Waals surface area contributed by atoms with E-state index in [0.717, 1.165) is 5.75 Å². The zero-order chi connectivity index (χ0) is 15.4. The molecule has 0 unspecified atom stereocenters. The van der Waals surface area contributed by atoms with Gasteiger partial charge in [0.1, 0.15) is 23.9 Å². The Hall–Kier alpha value is -2.27. The van der Waals surface area contributed by atoms with Crippen LogP contribution in [0.2, 0.25) is 0 Å². The molecule has 1 aromatic heterocycles. The lowest BCUT2D eigenvalue weighted by molar-refractivity contribution is 0.0952. The highest BCUT2D eigenvalue weighted by Crippen LogP contribution is 2.20. The van der Waals surface area contributed by atoms with Crippen LogP contribution in [0.4, 0.5) is 0 Å². The number of ether oxygens (including phenoxy) is 1. The Morgan fingerprint density at radius 1 is 1.33 bits per heavy atom. The predicted octanol–water partition coefficient (Wildman–Crippen LogP) is 2.89. The number of carbonyl (C=O) groups is 1. The number of amides is 1. The number of rotatable bonds is 5. The first-order chi connectivity index (χ1) is 10.0. The SMILES string of the molecule is Cc1oc(COc2ccc(C(C)C)cc2)cc1C(=O)NN. The van der Waals surface area contributed by atoms with E-state index in [9.17, 15) is 4.79 Å². The van der Waals surface area contributed by atoms with Gasteiger partial charge in [0.25, 0.3) is 5.91 Å². The third-order valence-electron chi connectivity index (χ3n) is 3.27. The summed E-state index contributed by atoms with van der Waals surface area (Å²) in [6, 6.07) is 9.58. The molecule has 1 heterocycles. The minimum absolute atomic E-state index is 0.264. The Labute approximate surface area is 124 Å². The minimum atomic E-state index is -0.371. The van der Waals surface area contributed by atoms with Crippen LogP contribution in [0.1, 0.15) is 47.2 Å². The summed E-state index contributed by atoms with van der Waals surface area (Å²) in [6.45, 7) is 6.27. The first-order valence-electron chi connectivity index (χ1n) is 6.84. The van der Waals surface area contributed by atoms with Crippen molar-refractivity contribution in [3.8, 4) is 5.75 Å². The van der Waals surface area contributed by atoms with Crippen LogP contribution in [0.25, 0.3) is 0 Å². The van der Waals surface area contributed by atoms with Crippen LogP contribution < -0.4 is 16.0 Å². The Morgan fingerprint density at radius 3 is 2.57 bits per heavy atom. The predicted molar refractivity (Wildman–Crippen MR) is 80.0 cm³/mol. The highest BCUT2D eigenvalue weighted by Gasteiger charge is 2.14. The van der Waals surface area contributed by atoms with Crippen molar-refractivity contribution in [3.05, 3.63) is 53.0 Å². The fourth-order valence-corrected chi connectivity index (χ4v) is 2.02. The molecule has 0 aliphatic rings. The molecular weight excluding hydrogens is 268 g/mol. The molecule has 0 spiro atoms. The number of hydrogen-bond donors (Lipinski definition) is 2. The van der Waals surface area contributed by atoms with Gasteiger partial charge < -0.3 is 9.15 Å². The summed E-state index contributed by atoms with van der Waals surface area (Å²) < 4.78 is 11.1. The molecule has 0 saturated carbocycles. The van der Waals surface area contributed by atoms with Crippen molar-refractivity contribution >= 4 is 5.91 Å². The summed E-state index contributed by atoms with van der Waals surface area (Å²) >= 11 is 0. The van der Waals surface area contributed by atoms with Gasteiger partial charge in [-0.1, -0.05) is 26.0 Å². The number of aryl methyl sites for hydroxylation is 1. The van der Waals surface area contributed by atoms with Crippen LogP contribution in [0, 0.1) is 6.92 Å². The second kappa shape index (κ2) is 6.45. The summed E-state index contributed by atoms with van der Waals surface area (Å²) in [5.74, 6) is 7.10. The maximum absolute atomic E-state index is 11.5. The van der Waals surface area contributed by atoms with Gasteiger partial charge in [-0.25, -0.2) is 5.84 Å². The highest BCUT2D eigenvalue weighted by atomic mass is 16.5. The van der Waals surface area contributed by atoms with E-state index in [-0.39, 0.29) is 12.5 Å². The summed E-state index contributed by atoms with van der Waals surface area (Å²) in [5.41, 5.74) is 3.77. The van der Waals surface area contributed by atoms with Crippen molar-refractivity contribution in [2.24, 2.45) is 5.84 Å². The molecule has 2 aromatic rings. The lowest BCUT2D eigenvalue weighted by Gasteiger charge is -2.07. The molecular formula is C16H20N2O3. The van der Waals surface area contributed by atoms with Crippen molar-refractivity contribution in [1.82, 2.24) is 5.43 Å². The number of nitrogen functional groups attached to an aromatic ring is 1. The smallest absolute Gasteiger partial charge is 0.268 e. The Balaban J connectivity index is 2.01. The molecule has 1 amide bonds. The molecule has 21 heavy (non-hydrogen) atoms. The summed E-state index contributed by atoms with van der Waals surface area (Å²) in [4.78, 5) is 11.5. The van der Waals surface area contributed by atoms with E-state index in [4.69, 9.17) is 15.0 Å². The van der Waals surface area contributed by atoms with Crippen LogP contribution in [0.5, 0.6) is 5.75 Å². The van der Waals surface area contributed by atoms with Gasteiger partial charge in [-0.3, -0.25) is 10.2 Å². The Morgan fingerprint density at radius 2 is 2.00 bits per heavy atom. The average Bonchev–Trinajstić information content (AvgIpc) is 2.86. The molecule has 2 rings (SSSR count). The first kappa shape index (κ1) is 15.1. The largest absolute Gasteiger partial charge is 0.486 e. The summed E-state index contributed by atoms with van der Waals surface area (Å²) in [7, 11) is 0. The molecule has 0 atom stereocenters. The van der Waals surface area contributed by atoms with Crippen molar-refractivity contribution in [2.75, 3.05) is 0 Å². The number of benzene rings is 1. The van der Waals surface area contributed by atoms with Gasteiger partial charge >= 0.3 is 0 Å². The Kier molecular flexibility index (Phi) is 4.65. The van der Waals surface area contributed by atoms with Gasteiger partial charge in [0.2, 0.25) is 0 Å². The van der Waals surface area contributed by atoms with Gasteiger partial charge in [-0.05, 0) is 36.6 Å². The summed E-state index contributed by atoms with van der Waals surface area (Å²) in [6.07, 6.45) is 0. The van der Waals surface area contributed by atoms with Crippen LogP contribution >= 0.6 is 0 Å². The zero-order valence-corrected chi connectivity index (χ0v) is 12.5. The third-order valence-corrected chi connectivity index (χ3v) is 3.27. The molecule has 0 bridgehead atoms. The van der Waals surface area contributed by atoms with E-state index < -0.39 is 0 Å². The maximum Gasteiger partial charge on any atom is 0.268 e. The first-order valence-corrected chi connectivity index (χ1v) is 6.84. The van der Waals surface area contributed by atoms with E-state index in [2.05, 4.69) is 19.3 Å². The van der Waals surface area contributed by atoms with Gasteiger partial charge in [0.05, 0.1) is 5.56 Å². The Bertz CT molecular complexity index is 615. The topological polar surface area (TPSA) is 77.5 Å². The van der Waals surface area contributed by atoms with Crippen LogP contribution in [0.15, 0.2) is 34.7 Å². The molecule has 0 saturated heterocycles. The molecule has 5 heteroatoms. The third kappa shape index (κ3) is 3.64.